The van der Waals surface area contributed by atoms with Crippen molar-refractivity contribution in [1.29, 1.82) is 0 Å². The molecule has 4 heteroatoms. The average Bonchev–Trinajstić information content (AvgIpc) is 2.96. The van der Waals surface area contributed by atoms with Crippen LogP contribution in [-0.4, -0.2) is 29.6 Å². The van der Waals surface area contributed by atoms with Gasteiger partial charge in [-0.05, 0) is 44.9 Å². The lowest BCUT2D eigenvalue weighted by Gasteiger charge is -2.21. The van der Waals surface area contributed by atoms with E-state index in [-0.39, 0.29) is 11.9 Å². The predicted molar refractivity (Wildman–Crippen MR) is 105 cm³/mol. The smallest absolute Gasteiger partial charge is 0.305 e. The van der Waals surface area contributed by atoms with Crippen LogP contribution in [0, 0.1) is 11.8 Å². The third-order valence-electron chi connectivity index (χ3n) is 5.54. The first-order chi connectivity index (χ1) is 12.4. The molecule has 26 heavy (non-hydrogen) atoms. The summed E-state index contributed by atoms with van der Waals surface area (Å²) in [4.78, 5) is 23.3. The lowest BCUT2D eigenvalue weighted by Crippen LogP contribution is -2.22. The van der Waals surface area contributed by atoms with E-state index in [1.165, 1.54) is 7.11 Å². The molecule has 150 valence electrons. The fourth-order valence-electron chi connectivity index (χ4n) is 3.79. The highest BCUT2D eigenvalue weighted by Gasteiger charge is 2.32. The normalized spacial score (nSPS) is 22.7. The highest BCUT2D eigenvalue weighted by Crippen LogP contribution is 2.34. The number of carbonyl (C=O) groups is 2. The second-order valence-electron chi connectivity index (χ2n) is 8.04. The van der Waals surface area contributed by atoms with E-state index >= 15 is 0 Å². The minimum atomic E-state index is -0.635. The molecule has 1 N–H and O–H groups in total. The molecule has 0 spiro atoms. The van der Waals surface area contributed by atoms with Crippen molar-refractivity contribution in [2.45, 2.75) is 96.5 Å². The van der Waals surface area contributed by atoms with Crippen molar-refractivity contribution >= 4 is 11.8 Å². The third-order valence-corrected chi connectivity index (χ3v) is 5.54. The van der Waals surface area contributed by atoms with Gasteiger partial charge >= 0.3 is 5.97 Å². The zero-order valence-electron chi connectivity index (χ0n) is 17.0. The van der Waals surface area contributed by atoms with E-state index in [0.717, 1.165) is 57.8 Å². The van der Waals surface area contributed by atoms with Crippen LogP contribution in [0.3, 0.4) is 0 Å². The Morgan fingerprint density at radius 3 is 2.69 bits per heavy atom. The lowest BCUT2D eigenvalue weighted by atomic mass is 9.88. The van der Waals surface area contributed by atoms with Crippen molar-refractivity contribution in [3.05, 3.63) is 12.2 Å². The Labute approximate surface area is 159 Å². The van der Waals surface area contributed by atoms with Crippen LogP contribution in [0.5, 0.6) is 0 Å². The van der Waals surface area contributed by atoms with Crippen molar-refractivity contribution in [3.63, 3.8) is 0 Å². The molecule has 0 aromatic rings. The van der Waals surface area contributed by atoms with Gasteiger partial charge in [0.25, 0.3) is 0 Å². The molecular formula is C22H38O4. The number of rotatable bonds is 13. The van der Waals surface area contributed by atoms with Crippen LogP contribution in [0.15, 0.2) is 12.2 Å². The highest BCUT2D eigenvalue weighted by molar-refractivity contribution is 5.83. The first-order valence-electron chi connectivity index (χ1n) is 10.4. The van der Waals surface area contributed by atoms with E-state index in [4.69, 9.17) is 0 Å². The number of aliphatic hydroxyl groups is 1. The van der Waals surface area contributed by atoms with Crippen molar-refractivity contribution in [1.82, 2.24) is 0 Å². The SMILES string of the molecule is CCCC[C@@](C)(O)C/C=C/[C@H]1CCC(=O)C1CCCCCCC(=O)OC. The van der Waals surface area contributed by atoms with E-state index < -0.39 is 5.60 Å². The number of ether oxygens (including phenoxy) is 1. The molecule has 1 saturated carbocycles. The maximum Gasteiger partial charge on any atom is 0.305 e. The van der Waals surface area contributed by atoms with E-state index in [2.05, 4.69) is 23.8 Å². The van der Waals surface area contributed by atoms with Gasteiger partial charge in [-0.2, -0.15) is 0 Å². The number of hydrogen-bond acceptors (Lipinski definition) is 4. The van der Waals surface area contributed by atoms with Crippen LogP contribution in [0.2, 0.25) is 0 Å². The molecule has 0 bridgehead atoms. The monoisotopic (exact) mass is 366 g/mol. The summed E-state index contributed by atoms with van der Waals surface area (Å²) in [5.74, 6) is 0.731. The molecule has 0 aliphatic heterocycles. The molecule has 1 rings (SSSR count). The molecule has 0 amide bonds. The summed E-state index contributed by atoms with van der Waals surface area (Å²) in [5.41, 5.74) is -0.635. The molecular weight excluding hydrogens is 328 g/mol. The fourth-order valence-corrected chi connectivity index (χ4v) is 3.79. The van der Waals surface area contributed by atoms with E-state index in [1.807, 2.05) is 6.92 Å². The van der Waals surface area contributed by atoms with Crippen molar-refractivity contribution < 1.29 is 19.4 Å². The van der Waals surface area contributed by atoms with Crippen LogP contribution in [0.25, 0.3) is 0 Å². The molecule has 3 atom stereocenters. The number of hydrogen-bond donors (Lipinski definition) is 1. The van der Waals surface area contributed by atoms with Gasteiger partial charge in [-0.15, -0.1) is 0 Å². The van der Waals surface area contributed by atoms with Gasteiger partial charge in [0.1, 0.15) is 5.78 Å². The van der Waals surface area contributed by atoms with Crippen molar-refractivity contribution in [2.24, 2.45) is 11.8 Å². The molecule has 4 nitrogen and oxygen atoms in total. The highest BCUT2D eigenvalue weighted by atomic mass is 16.5. The second-order valence-corrected chi connectivity index (χ2v) is 8.04. The summed E-state index contributed by atoms with van der Waals surface area (Å²) in [7, 11) is 1.42. The van der Waals surface area contributed by atoms with Gasteiger partial charge in [0.05, 0.1) is 12.7 Å². The van der Waals surface area contributed by atoms with Crippen LogP contribution >= 0.6 is 0 Å². The van der Waals surface area contributed by atoms with Gasteiger partial charge in [-0.1, -0.05) is 51.2 Å². The predicted octanol–water partition coefficient (Wildman–Crippen LogP) is 4.98. The maximum atomic E-state index is 12.2. The number of allylic oxidation sites excluding steroid dienone is 1. The van der Waals surface area contributed by atoms with Gasteiger partial charge < -0.3 is 9.84 Å². The Hall–Kier alpha value is -1.16. The molecule has 0 aromatic heterocycles. The van der Waals surface area contributed by atoms with Crippen molar-refractivity contribution in [2.75, 3.05) is 7.11 Å². The number of unbranched alkanes of at least 4 members (excludes halogenated alkanes) is 4. The fraction of sp³-hybridized carbons (Fsp3) is 0.818. The largest absolute Gasteiger partial charge is 0.469 e. The lowest BCUT2D eigenvalue weighted by molar-refractivity contribution is -0.140. The summed E-state index contributed by atoms with van der Waals surface area (Å²) < 4.78 is 4.64. The molecule has 1 unspecified atom stereocenters. The molecule has 0 radical (unpaired) electrons. The van der Waals surface area contributed by atoms with Gasteiger partial charge in [-0.25, -0.2) is 0 Å². The minimum Gasteiger partial charge on any atom is -0.469 e. The van der Waals surface area contributed by atoms with Crippen LogP contribution < -0.4 is 0 Å². The Kier molecular flexibility index (Phi) is 10.8. The van der Waals surface area contributed by atoms with Gasteiger partial charge in [-0.3, -0.25) is 9.59 Å². The standard InChI is InChI=1S/C22H38O4/c1-4-5-16-22(2,25)17-10-11-18-14-15-20(23)19(18)12-8-6-7-9-13-21(24)26-3/h10-11,18-19,25H,4-9,12-17H2,1-3H3/b11-10+/t18-,19?,22+/m0/s1. The molecule has 0 saturated heterocycles. The summed E-state index contributed by atoms with van der Waals surface area (Å²) in [5, 5.41) is 10.4. The summed E-state index contributed by atoms with van der Waals surface area (Å²) >= 11 is 0. The zero-order valence-corrected chi connectivity index (χ0v) is 17.0. The summed E-state index contributed by atoms with van der Waals surface area (Å²) in [6.45, 7) is 4.04. The first kappa shape index (κ1) is 22.9. The Bertz CT molecular complexity index is 453. The number of carbonyl (C=O) groups excluding carboxylic acids is 2. The van der Waals surface area contributed by atoms with Crippen LogP contribution in [0.1, 0.15) is 90.9 Å². The number of ketones is 1. The topological polar surface area (TPSA) is 63.6 Å². The summed E-state index contributed by atoms with van der Waals surface area (Å²) in [6.07, 6.45) is 14.9. The number of esters is 1. The molecule has 1 aliphatic rings. The van der Waals surface area contributed by atoms with E-state index in [0.29, 0.717) is 31.0 Å². The number of Topliss-reactive ketones (excluding diaryl/α,β-unsaturated/α-hetero) is 1. The second kappa shape index (κ2) is 12.3. The van der Waals surface area contributed by atoms with Crippen LogP contribution in [-0.2, 0) is 14.3 Å². The average molecular weight is 367 g/mol. The Balaban J connectivity index is 2.31. The van der Waals surface area contributed by atoms with Crippen LogP contribution in [0.4, 0.5) is 0 Å². The summed E-state index contributed by atoms with van der Waals surface area (Å²) in [6, 6.07) is 0. The number of methoxy groups -OCH3 is 1. The maximum absolute atomic E-state index is 12.2. The third kappa shape index (κ3) is 8.98. The molecule has 1 aliphatic carbocycles. The Morgan fingerprint density at radius 1 is 1.27 bits per heavy atom. The quantitative estimate of drug-likeness (QED) is 0.283. The van der Waals surface area contributed by atoms with Crippen molar-refractivity contribution in [3.8, 4) is 0 Å². The first-order valence-corrected chi connectivity index (χ1v) is 10.4. The van der Waals surface area contributed by atoms with Gasteiger partial charge in [0.2, 0.25) is 0 Å². The van der Waals surface area contributed by atoms with E-state index in [9.17, 15) is 14.7 Å². The molecule has 0 heterocycles. The van der Waals surface area contributed by atoms with E-state index in [1.54, 1.807) is 0 Å². The zero-order chi connectivity index (χ0) is 19.4. The van der Waals surface area contributed by atoms with Gasteiger partial charge in [0.15, 0.2) is 0 Å². The van der Waals surface area contributed by atoms with Gasteiger partial charge in [0, 0.05) is 18.8 Å². The Morgan fingerprint density at radius 2 is 2.00 bits per heavy atom. The molecule has 1 fully saturated rings. The molecule has 0 aromatic carbocycles. The minimum absolute atomic E-state index is 0.143.